The molecule has 0 unspecified atom stereocenters. The summed E-state index contributed by atoms with van der Waals surface area (Å²) in [4.78, 5) is 5.31. The van der Waals surface area contributed by atoms with E-state index >= 15 is 0 Å². The number of nitrogens with one attached hydrogen (secondary N) is 1. The third-order valence-electron chi connectivity index (χ3n) is 3.29. The third-order valence-corrected chi connectivity index (χ3v) is 4.28. The van der Waals surface area contributed by atoms with Gasteiger partial charge in [0.05, 0.1) is 11.7 Å². The Balaban J connectivity index is 1.59. The molecule has 1 saturated heterocycles. The van der Waals surface area contributed by atoms with Crippen LogP contribution in [0.4, 0.5) is 4.39 Å². The second-order valence-electron chi connectivity index (χ2n) is 4.84. The minimum Gasteiger partial charge on any atom is -0.339 e. The van der Waals surface area contributed by atoms with E-state index in [-0.39, 0.29) is 5.82 Å². The van der Waals surface area contributed by atoms with E-state index in [2.05, 4.69) is 15.5 Å². The molecule has 0 radical (unpaired) electrons. The fourth-order valence-corrected chi connectivity index (χ4v) is 3.04. The molecule has 0 aliphatic carbocycles. The van der Waals surface area contributed by atoms with Crippen LogP contribution < -0.4 is 5.32 Å². The monoisotopic (exact) mass is 293 g/mol. The van der Waals surface area contributed by atoms with Crippen molar-refractivity contribution in [2.24, 2.45) is 0 Å². The zero-order chi connectivity index (χ0) is 13.8. The summed E-state index contributed by atoms with van der Waals surface area (Å²) in [5, 5.41) is 7.33. The van der Waals surface area contributed by atoms with Crippen LogP contribution in [0.3, 0.4) is 0 Å². The van der Waals surface area contributed by atoms with Crippen LogP contribution in [0.1, 0.15) is 30.5 Å². The smallest absolute Gasteiger partial charge is 0.231 e. The Bertz CT molecular complexity index is 569. The lowest BCUT2D eigenvalue weighted by molar-refractivity contribution is 0.320. The zero-order valence-corrected chi connectivity index (χ0v) is 11.8. The van der Waals surface area contributed by atoms with Gasteiger partial charge in [0.1, 0.15) is 5.82 Å². The van der Waals surface area contributed by atoms with Crippen LogP contribution in [-0.4, -0.2) is 23.2 Å². The molecule has 1 aromatic heterocycles. The Morgan fingerprint density at radius 1 is 1.45 bits per heavy atom. The lowest BCUT2D eigenvalue weighted by Gasteiger charge is -2.18. The van der Waals surface area contributed by atoms with Crippen LogP contribution in [0.5, 0.6) is 0 Å². The summed E-state index contributed by atoms with van der Waals surface area (Å²) in [7, 11) is 0. The average Bonchev–Trinajstić information content (AvgIpc) is 2.95. The summed E-state index contributed by atoms with van der Waals surface area (Å²) < 4.78 is 18.4. The van der Waals surface area contributed by atoms with Gasteiger partial charge in [0.25, 0.3) is 0 Å². The van der Waals surface area contributed by atoms with Gasteiger partial charge in [-0.2, -0.15) is 4.98 Å². The van der Waals surface area contributed by atoms with E-state index in [1.165, 1.54) is 23.9 Å². The molecular weight excluding hydrogens is 277 g/mol. The van der Waals surface area contributed by atoms with Gasteiger partial charge < -0.3 is 9.84 Å². The van der Waals surface area contributed by atoms with Crippen molar-refractivity contribution < 1.29 is 8.91 Å². The van der Waals surface area contributed by atoms with Crippen molar-refractivity contribution >= 4 is 11.8 Å². The van der Waals surface area contributed by atoms with Crippen molar-refractivity contribution in [3.8, 4) is 0 Å². The molecule has 0 amide bonds. The Labute approximate surface area is 121 Å². The molecule has 2 heterocycles. The summed E-state index contributed by atoms with van der Waals surface area (Å²) in [5.74, 6) is 2.07. The first-order valence-electron chi connectivity index (χ1n) is 6.73. The highest BCUT2D eigenvalue weighted by Gasteiger charge is 2.21. The van der Waals surface area contributed by atoms with Crippen LogP contribution >= 0.6 is 11.8 Å². The predicted octanol–water partition coefficient (Wildman–Crippen LogP) is 2.97. The fourth-order valence-electron chi connectivity index (χ4n) is 2.26. The molecule has 1 fully saturated rings. The zero-order valence-electron chi connectivity index (χ0n) is 11.0. The second kappa shape index (κ2) is 6.37. The van der Waals surface area contributed by atoms with Gasteiger partial charge in [0.15, 0.2) is 5.82 Å². The fraction of sp³-hybridized carbons (Fsp3) is 0.429. The highest BCUT2D eigenvalue weighted by Crippen LogP contribution is 2.25. The van der Waals surface area contributed by atoms with Gasteiger partial charge in [-0.3, -0.25) is 0 Å². The van der Waals surface area contributed by atoms with E-state index in [1.807, 2.05) is 6.07 Å². The minimum atomic E-state index is -0.225. The van der Waals surface area contributed by atoms with Crippen molar-refractivity contribution in [3.63, 3.8) is 0 Å². The highest BCUT2D eigenvalue weighted by molar-refractivity contribution is 7.98. The van der Waals surface area contributed by atoms with Gasteiger partial charge in [-0.25, -0.2) is 4.39 Å². The molecule has 1 atom stereocenters. The number of benzene rings is 1. The topological polar surface area (TPSA) is 51.0 Å². The Morgan fingerprint density at radius 3 is 3.20 bits per heavy atom. The van der Waals surface area contributed by atoms with Crippen molar-refractivity contribution in [2.75, 3.05) is 13.1 Å². The molecule has 1 aromatic carbocycles. The lowest BCUT2D eigenvalue weighted by Crippen LogP contribution is -2.28. The first-order valence-corrected chi connectivity index (χ1v) is 7.71. The van der Waals surface area contributed by atoms with Crippen LogP contribution in [0.25, 0.3) is 0 Å². The number of hydrogen-bond donors (Lipinski definition) is 1. The Kier molecular flexibility index (Phi) is 4.32. The second-order valence-corrected chi connectivity index (χ2v) is 5.89. The predicted molar refractivity (Wildman–Crippen MR) is 75.1 cm³/mol. The summed E-state index contributed by atoms with van der Waals surface area (Å²) in [6, 6.07) is 6.52. The number of piperidine rings is 1. The van der Waals surface area contributed by atoms with E-state index in [1.54, 1.807) is 6.07 Å². The van der Waals surface area contributed by atoms with Gasteiger partial charge in [-0.1, -0.05) is 11.2 Å². The van der Waals surface area contributed by atoms with Gasteiger partial charge >= 0.3 is 0 Å². The molecule has 0 spiro atoms. The van der Waals surface area contributed by atoms with E-state index < -0.39 is 0 Å². The van der Waals surface area contributed by atoms with Gasteiger partial charge in [-0.15, -0.1) is 11.8 Å². The van der Waals surface area contributed by atoms with Gasteiger partial charge in [0, 0.05) is 11.4 Å². The van der Waals surface area contributed by atoms with Crippen LogP contribution in [0, 0.1) is 5.82 Å². The summed E-state index contributed by atoms with van der Waals surface area (Å²) in [5.41, 5.74) is 0. The van der Waals surface area contributed by atoms with Gasteiger partial charge in [-0.05, 0) is 37.6 Å². The highest BCUT2D eigenvalue weighted by atomic mass is 32.2. The number of nitrogens with zero attached hydrogens (tertiary/aromatic N) is 2. The van der Waals surface area contributed by atoms with E-state index in [4.69, 9.17) is 4.52 Å². The first kappa shape index (κ1) is 13.6. The minimum absolute atomic E-state index is 0.225. The van der Waals surface area contributed by atoms with Crippen molar-refractivity contribution in [3.05, 3.63) is 41.8 Å². The Hall–Kier alpha value is -1.40. The summed E-state index contributed by atoms with van der Waals surface area (Å²) >= 11 is 1.51. The standard InChI is InChI=1S/C14H16FN3OS/c15-11-4-1-5-12(7-11)20-9-13-17-14(19-18-13)10-3-2-6-16-8-10/h1,4-5,7,10,16H,2-3,6,8-9H2/t10-/m0/s1. The molecule has 1 aliphatic heterocycles. The maximum absolute atomic E-state index is 13.1. The third kappa shape index (κ3) is 3.37. The number of rotatable bonds is 4. The molecular formula is C14H16FN3OS. The largest absolute Gasteiger partial charge is 0.339 e. The Morgan fingerprint density at radius 2 is 2.40 bits per heavy atom. The molecule has 1 N–H and O–H groups in total. The maximum atomic E-state index is 13.1. The van der Waals surface area contributed by atoms with Crippen molar-refractivity contribution in [2.45, 2.75) is 29.4 Å². The molecule has 6 heteroatoms. The quantitative estimate of drug-likeness (QED) is 0.878. The molecule has 106 valence electrons. The first-order chi connectivity index (χ1) is 9.81. The maximum Gasteiger partial charge on any atom is 0.231 e. The summed E-state index contributed by atoms with van der Waals surface area (Å²) in [6.45, 7) is 1.96. The molecule has 1 aliphatic rings. The van der Waals surface area contributed by atoms with Crippen molar-refractivity contribution in [1.29, 1.82) is 0 Å². The van der Waals surface area contributed by atoms with Crippen LogP contribution in [0.15, 0.2) is 33.7 Å². The van der Waals surface area contributed by atoms with E-state index in [0.717, 1.165) is 30.8 Å². The van der Waals surface area contributed by atoms with E-state index in [9.17, 15) is 4.39 Å². The number of halogens is 1. The van der Waals surface area contributed by atoms with E-state index in [0.29, 0.717) is 23.4 Å². The average molecular weight is 293 g/mol. The van der Waals surface area contributed by atoms with Crippen LogP contribution in [-0.2, 0) is 5.75 Å². The molecule has 3 rings (SSSR count). The molecule has 20 heavy (non-hydrogen) atoms. The lowest BCUT2D eigenvalue weighted by atomic mass is 10.00. The van der Waals surface area contributed by atoms with Crippen LogP contribution in [0.2, 0.25) is 0 Å². The summed E-state index contributed by atoms with van der Waals surface area (Å²) in [6.07, 6.45) is 2.23. The molecule has 0 bridgehead atoms. The number of thioether (sulfide) groups is 1. The molecule has 2 aromatic rings. The van der Waals surface area contributed by atoms with Crippen molar-refractivity contribution in [1.82, 2.24) is 15.5 Å². The normalized spacial score (nSPS) is 19.1. The number of hydrogen-bond acceptors (Lipinski definition) is 5. The van der Waals surface area contributed by atoms with Gasteiger partial charge in [0.2, 0.25) is 5.89 Å². The molecule has 4 nitrogen and oxygen atoms in total. The molecule has 0 saturated carbocycles. The number of aromatic nitrogens is 2. The SMILES string of the molecule is Fc1cccc(SCc2noc([C@H]3CCCNC3)n2)c1.